The first kappa shape index (κ1) is 21.0. The lowest BCUT2D eigenvalue weighted by Crippen LogP contribution is -1.87. The molecule has 0 aromatic carbocycles. The van der Waals surface area contributed by atoms with Crippen molar-refractivity contribution in [2.45, 2.75) is 124 Å². The Morgan fingerprint density at radius 3 is 1.48 bits per heavy atom. The molecule has 0 bridgehead atoms. The lowest BCUT2D eigenvalue weighted by atomic mass is 10.0. The summed E-state index contributed by atoms with van der Waals surface area (Å²) in [6, 6.07) is 0. The smallest absolute Gasteiger partial charge is 0.0386 e. The van der Waals surface area contributed by atoms with Crippen LogP contribution in [0.5, 0.6) is 0 Å². The molecule has 0 atom stereocenters. The van der Waals surface area contributed by atoms with Crippen molar-refractivity contribution in [1.29, 1.82) is 0 Å². The predicted octanol–water partition coefficient (Wildman–Crippen LogP) is 8.11. The molecule has 0 aliphatic carbocycles. The van der Waals surface area contributed by atoms with Crippen LogP contribution in [0.4, 0.5) is 0 Å². The van der Waals surface area contributed by atoms with Crippen LogP contribution in [-0.4, -0.2) is 0 Å². The second-order valence-electron chi connectivity index (χ2n) is 7.29. The maximum absolute atomic E-state index is 2.55. The molecule has 0 rings (SSSR count). The van der Waals surface area contributed by atoms with Gasteiger partial charge < -0.3 is 0 Å². The van der Waals surface area contributed by atoms with Crippen LogP contribution in [0.2, 0.25) is 0 Å². The van der Waals surface area contributed by atoms with Gasteiger partial charge in [-0.1, -0.05) is 124 Å². The van der Waals surface area contributed by atoms with Crippen molar-refractivity contribution in [2.75, 3.05) is 0 Å². The third-order valence-corrected chi connectivity index (χ3v) is 4.45. The van der Waals surface area contributed by atoms with E-state index in [1.54, 1.807) is 0 Å². The Morgan fingerprint density at radius 2 is 1.00 bits per heavy atom. The molecule has 0 nitrogen and oxygen atoms in total. The van der Waals surface area contributed by atoms with Crippen LogP contribution in [0.25, 0.3) is 0 Å². The van der Waals surface area contributed by atoms with Crippen LogP contribution in [-0.2, 0) is 0 Å². The van der Waals surface area contributed by atoms with Gasteiger partial charge >= 0.3 is 0 Å². The number of unbranched alkanes of at least 4 members (excludes halogenated alkanes) is 15. The van der Waals surface area contributed by atoms with E-state index >= 15 is 0 Å². The van der Waals surface area contributed by atoms with Gasteiger partial charge in [0.1, 0.15) is 0 Å². The highest BCUT2D eigenvalue weighted by Crippen LogP contribution is 2.14. The first-order valence-corrected chi connectivity index (χ1v) is 10.1. The molecule has 0 fully saturated rings. The maximum atomic E-state index is 2.55. The Kier molecular flexibility index (Phi) is 18.1. The molecule has 0 aromatic heterocycles. The van der Waals surface area contributed by atoms with E-state index in [1.807, 2.05) is 0 Å². The van der Waals surface area contributed by atoms with Crippen LogP contribution >= 0.6 is 0 Å². The molecular weight excluding hydrogens is 252 g/mol. The molecule has 1 radical (unpaired) electrons. The average molecular weight is 296 g/mol. The van der Waals surface area contributed by atoms with Crippen molar-refractivity contribution in [2.24, 2.45) is 5.92 Å². The third kappa shape index (κ3) is 20.0. The predicted molar refractivity (Wildman–Crippen MR) is 98.7 cm³/mol. The summed E-state index contributed by atoms with van der Waals surface area (Å²) in [7, 11) is 0. The summed E-state index contributed by atoms with van der Waals surface area (Å²) in [5, 5.41) is 0. The molecular formula is C21H43. The molecule has 0 unspecified atom stereocenters. The summed E-state index contributed by atoms with van der Waals surface area (Å²) in [4.78, 5) is 0. The van der Waals surface area contributed by atoms with E-state index in [0.717, 1.165) is 5.92 Å². The van der Waals surface area contributed by atoms with Gasteiger partial charge in [0.2, 0.25) is 0 Å². The van der Waals surface area contributed by atoms with Crippen molar-refractivity contribution >= 4 is 0 Å². The van der Waals surface area contributed by atoms with E-state index in [2.05, 4.69) is 27.2 Å². The molecule has 127 valence electrons. The van der Waals surface area contributed by atoms with Gasteiger partial charge in [-0.15, -0.1) is 0 Å². The van der Waals surface area contributed by atoms with Crippen LogP contribution in [0, 0.1) is 12.3 Å². The highest BCUT2D eigenvalue weighted by atomic mass is 14.0. The second-order valence-corrected chi connectivity index (χ2v) is 7.29. The van der Waals surface area contributed by atoms with Crippen LogP contribution < -0.4 is 0 Å². The molecule has 0 amide bonds. The van der Waals surface area contributed by atoms with Crippen LogP contribution in [0.1, 0.15) is 124 Å². The number of rotatable bonds is 17. The van der Waals surface area contributed by atoms with Crippen molar-refractivity contribution in [3.8, 4) is 0 Å². The molecule has 0 aliphatic heterocycles. The zero-order chi connectivity index (χ0) is 15.6. The first-order valence-electron chi connectivity index (χ1n) is 10.1. The summed E-state index contributed by atoms with van der Waals surface area (Å²) in [5.41, 5.74) is 0. The summed E-state index contributed by atoms with van der Waals surface area (Å²) >= 11 is 0. The molecule has 0 aliphatic rings. The van der Waals surface area contributed by atoms with E-state index in [1.165, 1.54) is 103 Å². The molecule has 0 saturated heterocycles. The number of hydrogen-bond acceptors (Lipinski definition) is 0. The highest BCUT2D eigenvalue weighted by Gasteiger charge is 1.96. The lowest BCUT2D eigenvalue weighted by molar-refractivity contribution is 0.513. The summed E-state index contributed by atoms with van der Waals surface area (Å²) < 4.78 is 0. The lowest BCUT2D eigenvalue weighted by Gasteiger charge is -2.04. The van der Waals surface area contributed by atoms with Crippen LogP contribution in [0.3, 0.4) is 0 Å². The zero-order valence-corrected chi connectivity index (χ0v) is 15.5. The molecule has 0 spiro atoms. The zero-order valence-electron chi connectivity index (χ0n) is 15.5. The third-order valence-electron chi connectivity index (χ3n) is 4.45. The Bertz CT molecular complexity index is 171. The van der Waals surface area contributed by atoms with Crippen molar-refractivity contribution in [3.63, 3.8) is 0 Å². The molecule has 21 heavy (non-hydrogen) atoms. The summed E-state index contributed by atoms with van der Waals surface area (Å²) in [5.74, 6) is 0.893. The molecule has 0 N–H and O–H groups in total. The Morgan fingerprint density at radius 1 is 0.571 bits per heavy atom. The van der Waals surface area contributed by atoms with E-state index in [9.17, 15) is 0 Å². The fourth-order valence-electron chi connectivity index (χ4n) is 2.94. The van der Waals surface area contributed by atoms with Gasteiger partial charge in [-0.25, -0.2) is 0 Å². The van der Waals surface area contributed by atoms with Gasteiger partial charge in [-0.3, -0.25) is 0 Å². The van der Waals surface area contributed by atoms with Crippen molar-refractivity contribution in [1.82, 2.24) is 0 Å². The van der Waals surface area contributed by atoms with Crippen molar-refractivity contribution < 1.29 is 0 Å². The average Bonchev–Trinajstić information content (AvgIpc) is 2.46. The largest absolute Gasteiger partial charge is 0.0654 e. The normalized spacial score (nSPS) is 11.4. The van der Waals surface area contributed by atoms with Crippen molar-refractivity contribution in [3.05, 3.63) is 6.42 Å². The summed E-state index contributed by atoms with van der Waals surface area (Å²) in [6.07, 6.45) is 25.5. The number of hydrogen-bond donors (Lipinski definition) is 0. The van der Waals surface area contributed by atoms with Gasteiger partial charge in [0.25, 0.3) is 0 Å². The minimum absolute atomic E-state index is 0.893. The molecule has 0 heteroatoms. The quantitative estimate of drug-likeness (QED) is 0.238. The standard InChI is InChI=1S/C21H43/c1-4-5-6-7-8-9-10-11-12-13-14-15-16-17-18-19-20-21(2)3/h13,21H,4-12,14-20H2,1-3H3. The fourth-order valence-corrected chi connectivity index (χ4v) is 2.94. The van der Waals surface area contributed by atoms with Gasteiger partial charge in [0.05, 0.1) is 0 Å². The van der Waals surface area contributed by atoms with Gasteiger partial charge in [-0.05, 0) is 12.3 Å². The van der Waals surface area contributed by atoms with Crippen LogP contribution in [0.15, 0.2) is 0 Å². The monoisotopic (exact) mass is 295 g/mol. The van der Waals surface area contributed by atoms with E-state index in [-0.39, 0.29) is 0 Å². The first-order chi connectivity index (χ1) is 10.3. The summed E-state index contributed by atoms with van der Waals surface area (Å²) in [6.45, 7) is 6.96. The van der Waals surface area contributed by atoms with E-state index in [0.29, 0.717) is 0 Å². The molecule has 0 aromatic rings. The Labute approximate surface area is 136 Å². The highest BCUT2D eigenvalue weighted by molar-refractivity contribution is 4.64. The maximum Gasteiger partial charge on any atom is -0.0386 e. The molecule has 0 heterocycles. The minimum Gasteiger partial charge on any atom is -0.0654 e. The van der Waals surface area contributed by atoms with Gasteiger partial charge in [0.15, 0.2) is 0 Å². The van der Waals surface area contributed by atoms with Gasteiger partial charge in [-0.2, -0.15) is 0 Å². The van der Waals surface area contributed by atoms with E-state index < -0.39 is 0 Å². The topological polar surface area (TPSA) is 0 Å². The van der Waals surface area contributed by atoms with Gasteiger partial charge in [0, 0.05) is 0 Å². The minimum atomic E-state index is 0.893. The second kappa shape index (κ2) is 18.1. The van der Waals surface area contributed by atoms with E-state index in [4.69, 9.17) is 0 Å². The SMILES string of the molecule is CCCCCCCCCC[CH]CCCCCCCC(C)C. The Balaban J connectivity index is 2.93. The fraction of sp³-hybridized carbons (Fsp3) is 0.952. The molecule has 0 saturated carbocycles. The Hall–Kier alpha value is 0.